The number of rotatable bonds is 0. The van der Waals surface area contributed by atoms with Gasteiger partial charge in [0.1, 0.15) is 0 Å². The second kappa shape index (κ2) is 2.35. The first-order chi connectivity index (χ1) is 5.29. The SMILES string of the molecule is Cc1ccc2[c]s[c]c2c1C. The molecule has 2 aromatic rings. The topological polar surface area (TPSA) is 0 Å². The Labute approximate surface area is 70.5 Å². The minimum absolute atomic E-state index is 1.19. The average molecular weight is 160 g/mol. The minimum atomic E-state index is 1.19. The van der Waals surface area contributed by atoms with Crippen molar-refractivity contribution in [3.05, 3.63) is 34.0 Å². The summed E-state index contributed by atoms with van der Waals surface area (Å²) in [4.78, 5) is 0. The maximum Gasteiger partial charge on any atom is 0.0537 e. The largest absolute Gasteiger partial charge is 0.132 e. The second-order valence-electron chi connectivity index (χ2n) is 2.74. The zero-order chi connectivity index (χ0) is 7.84. The zero-order valence-electron chi connectivity index (χ0n) is 6.56. The predicted molar refractivity (Wildman–Crippen MR) is 49.0 cm³/mol. The van der Waals surface area contributed by atoms with Gasteiger partial charge in [-0.05, 0) is 25.0 Å². The molecule has 0 amide bonds. The molecule has 1 heteroatoms. The van der Waals surface area contributed by atoms with E-state index in [1.54, 1.807) is 0 Å². The summed E-state index contributed by atoms with van der Waals surface area (Å²) < 4.78 is 0. The molecule has 0 bridgehead atoms. The van der Waals surface area contributed by atoms with E-state index in [2.05, 4.69) is 36.7 Å². The van der Waals surface area contributed by atoms with E-state index in [9.17, 15) is 0 Å². The Morgan fingerprint density at radius 2 is 2.00 bits per heavy atom. The highest BCUT2D eigenvalue weighted by Crippen LogP contribution is 2.23. The van der Waals surface area contributed by atoms with Crippen molar-refractivity contribution in [3.8, 4) is 0 Å². The van der Waals surface area contributed by atoms with Crippen molar-refractivity contribution in [2.45, 2.75) is 13.8 Å². The lowest BCUT2D eigenvalue weighted by Crippen LogP contribution is -1.79. The molecule has 0 aliphatic heterocycles. The summed E-state index contributed by atoms with van der Waals surface area (Å²) in [6.07, 6.45) is 0. The molecule has 0 unspecified atom stereocenters. The molecule has 1 aromatic heterocycles. The molecular formula is C10H8S. The van der Waals surface area contributed by atoms with Gasteiger partial charge in [0, 0.05) is 10.8 Å². The summed E-state index contributed by atoms with van der Waals surface area (Å²) in [5.74, 6) is 0. The van der Waals surface area contributed by atoms with Crippen molar-refractivity contribution in [1.29, 1.82) is 0 Å². The summed E-state index contributed by atoms with van der Waals surface area (Å²) in [5, 5.41) is 8.81. The van der Waals surface area contributed by atoms with E-state index in [4.69, 9.17) is 0 Å². The molecule has 11 heavy (non-hydrogen) atoms. The van der Waals surface area contributed by atoms with Gasteiger partial charge in [0.2, 0.25) is 0 Å². The molecule has 2 rings (SSSR count). The number of fused-ring (bicyclic) bond motifs is 1. The van der Waals surface area contributed by atoms with Gasteiger partial charge in [0.05, 0.1) is 10.8 Å². The van der Waals surface area contributed by atoms with Gasteiger partial charge in [-0.1, -0.05) is 12.1 Å². The third kappa shape index (κ3) is 0.962. The highest BCUT2D eigenvalue weighted by Gasteiger charge is 2.00. The van der Waals surface area contributed by atoms with E-state index in [0.29, 0.717) is 0 Å². The number of thiophene rings is 1. The van der Waals surface area contributed by atoms with Gasteiger partial charge in [-0.2, -0.15) is 0 Å². The Hall–Kier alpha value is -0.820. The molecule has 1 aromatic carbocycles. The normalized spacial score (nSPS) is 10.7. The molecule has 0 aliphatic rings. The summed E-state index contributed by atoms with van der Waals surface area (Å²) >= 11 is 1.53. The van der Waals surface area contributed by atoms with Crippen LogP contribution in [0.5, 0.6) is 0 Å². The number of hydrogen-bond acceptors (Lipinski definition) is 1. The van der Waals surface area contributed by atoms with Crippen LogP contribution in [0.25, 0.3) is 10.8 Å². The van der Waals surface area contributed by atoms with Gasteiger partial charge in [-0.3, -0.25) is 0 Å². The van der Waals surface area contributed by atoms with Crippen LogP contribution in [0.3, 0.4) is 0 Å². The number of benzene rings is 1. The van der Waals surface area contributed by atoms with Crippen LogP contribution in [-0.4, -0.2) is 0 Å². The van der Waals surface area contributed by atoms with Crippen LogP contribution in [0.4, 0.5) is 0 Å². The van der Waals surface area contributed by atoms with Crippen molar-refractivity contribution in [2.75, 3.05) is 0 Å². The fourth-order valence-electron chi connectivity index (χ4n) is 1.16. The van der Waals surface area contributed by atoms with Crippen molar-refractivity contribution in [2.24, 2.45) is 0 Å². The summed E-state index contributed by atoms with van der Waals surface area (Å²) in [5.41, 5.74) is 2.67. The first-order valence-corrected chi connectivity index (χ1v) is 4.39. The Kier molecular flexibility index (Phi) is 1.46. The summed E-state index contributed by atoms with van der Waals surface area (Å²) in [7, 11) is 0. The van der Waals surface area contributed by atoms with E-state index >= 15 is 0 Å². The van der Waals surface area contributed by atoms with Gasteiger partial charge in [-0.15, -0.1) is 11.3 Å². The Bertz CT molecular complexity index is 385. The minimum Gasteiger partial charge on any atom is -0.132 e. The van der Waals surface area contributed by atoms with E-state index in [0.717, 1.165) is 0 Å². The number of aryl methyl sites for hydroxylation is 2. The molecule has 0 saturated heterocycles. The molecule has 0 fully saturated rings. The van der Waals surface area contributed by atoms with Crippen LogP contribution < -0.4 is 0 Å². The molecule has 0 nitrogen and oxygen atoms in total. The van der Waals surface area contributed by atoms with E-state index < -0.39 is 0 Å². The molecular weight excluding hydrogens is 152 g/mol. The smallest absolute Gasteiger partial charge is 0.0537 e. The molecule has 0 saturated carbocycles. The molecule has 54 valence electrons. The fraction of sp³-hybridized carbons (Fsp3) is 0.200. The van der Waals surface area contributed by atoms with Crippen molar-refractivity contribution in [1.82, 2.24) is 0 Å². The third-order valence-corrected chi connectivity index (χ3v) is 2.68. The van der Waals surface area contributed by atoms with E-state index in [1.807, 2.05) is 0 Å². The van der Waals surface area contributed by atoms with Crippen LogP contribution in [0.2, 0.25) is 0 Å². The zero-order valence-corrected chi connectivity index (χ0v) is 7.38. The molecule has 0 N–H and O–H groups in total. The highest BCUT2D eigenvalue weighted by molar-refractivity contribution is 7.08. The van der Waals surface area contributed by atoms with Gasteiger partial charge in [0.25, 0.3) is 0 Å². The van der Waals surface area contributed by atoms with Crippen molar-refractivity contribution >= 4 is 22.1 Å². The monoisotopic (exact) mass is 160 g/mol. The Morgan fingerprint density at radius 1 is 1.18 bits per heavy atom. The van der Waals surface area contributed by atoms with Crippen LogP contribution in [-0.2, 0) is 0 Å². The Balaban J connectivity index is 2.93. The first kappa shape index (κ1) is 6.86. The molecule has 0 aliphatic carbocycles. The van der Waals surface area contributed by atoms with Crippen LogP contribution in [0, 0.1) is 24.6 Å². The number of hydrogen-bond donors (Lipinski definition) is 0. The van der Waals surface area contributed by atoms with Gasteiger partial charge < -0.3 is 0 Å². The average Bonchev–Trinajstić information content (AvgIpc) is 2.45. The maximum atomic E-state index is 3.21. The fourth-order valence-corrected chi connectivity index (χ4v) is 1.86. The Morgan fingerprint density at radius 3 is 2.82 bits per heavy atom. The second-order valence-corrected chi connectivity index (χ2v) is 3.35. The van der Waals surface area contributed by atoms with Crippen LogP contribution >= 0.6 is 11.3 Å². The van der Waals surface area contributed by atoms with Gasteiger partial charge >= 0.3 is 0 Å². The van der Waals surface area contributed by atoms with Crippen LogP contribution in [0.15, 0.2) is 12.1 Å². The lowest BCUT2D eigenvalue weighted by molar-refractivity contribution is 1.38. The molecule has 0 spiro atoms. The molecule has 2 radical (unpaired) electrons. The summed E-state index contributed by atoms with van der Waals surface area (Å²) in [6.45, 7) is 4.26. The lowest BCUT2D eigenvalue weighted by Gasteiger charge is -1.98. The lowest BCUT2D eigenvalue weighted by atomic mass is 10.1. The first-order valence-electron chi connectivity index (χ1n) is 3.57. The van der Waals surface area contributed by atoms with E-state index in [-0.39, 0.29) is 0 Å². The van der Waals surface area contributed by atoms with Gasteiger partial charge in [0.15, 0.2) is 0 Å². The third-order valence-electron chi connectivity index (χ3n) is 2.05. The van der Waals surface area contributed by atoms with Crippen LogP contribution in [0.1, 0.15) is 11.1 Å². The summed E-state index contributed by atoms with van der Waals surface area (Å²) in [6, 6.07) is 4.24. The highest BCUT2D eigenvalue weighted by atomic mass is 32.1. The quantitative estimate of drug-likeness (QED) is 0.555. The van der Waals surface area contributed by atoms with Crippen molar-refractivity contribution < 1.29 is 0 Å². The molecule has 1 heterocycles. The van der Waals surface area contributed by atoms with Crippen molar-refractivity contribution in [3.63, 3.8) is 0 Å². The van der Waals surface area contributed by atoms with E-state index in [1.165, 1.54) is 33.2 Å². The molecule has 0 atom stereocenters. The standard InChI is InChI=1S/C10H8S/c1-7-3-4-9-5-11-6-10(9)8(7)2/h3-4H,1-2H3. The maximum absolute atomic E-state index is 3.21. The predicted octanol–water partition coefficient (Wildman–Crippen LogP) is 3.12. The van der Waals surface area contributed by atoms with Gasteiger partial charge in [-0.25, -0.2) is 0 Å².